The molecule has 0 saturated carbocycles. The number of hydrogen-bond donors (Lipinski definition) is 1. The van der Waals surface area contributed by atoms with E-state index >= 15 is 0 Å². The maximum Gasteiger partial charge on any atom is 0.573 e. The van der Waals surface area contributed by atoms with Gasteiger partial charge in [0.15, 0.2) is 0 Å². The smallest absolute Gasteiger partial charge is 0.406 e. The van der Waals surface area contributed by atoms with Crippen LogP contribution in [0.1, 0.15) is 32.1 Å². The van der Waals surface area contributed by atoms with Crippen molar-refractivity contribution in [3.8, 4) is 5.75 Å². The van der Waals surface area contributed by atoms with Crippen LogP contribution in [0.4, 0.5) is 23.7 Å². The Hall–Kier alpha value is -2.00. The lowest BCUT2D eigenvalue weighted by molar-refractivity contribution is -0.274. The first-order valence-corrected chi connectivity index (χ1v) is 10.5. The fourth-order valence-corrected chi connectivity index (χ4v) is 4.49. The summed E-state index contributed by atoms with van der Waals surface area (Å²) in [5.74, 6) is 0.0977. The van der Waals surface area contributed by atoms with Gasteiger partial charge in [0.1, 0.15) is 5.75 Å². The topological polar surface area (TPSA) is 54.0 Å². The second-order valence-corrected chi connectivity index (χ2v) is 7.94. The average molecular weight is 429 g/mol. The molecular formula is C21H30F3N3O3. The van der Waals surface area contributed by atoms with E-state index in [0.717, 1.165) is 25.9 Å². The van der Waals surface area contributed by atoms with Crippen LogP contribution in [0.3, 0.4) is 0 Å². The van der Waals surface area contributed by atoms with Crippen LogP contribution in [0.15, 0.2) is 24.3 Å². The predicted molar refractivity (Wildman–Crippen MR) is 108 cm³/mol. The van der Waals surface area contributed by atoms with Crippen molar-refractivity contribution in [2.75, 3.05) is 45.2 Å². The quantitative estimate of drug-likeness (QED) is 0.701. The largest absolute Gasteiger partial charge is 0.573 e. The summed E-state index contributed by atoms with van der Waals surface area (Å²) in [5, 5.41) is 2.78. The molecule has 9 heteroatoms. The SMILES string of the molecule is COCCN(CC1CCCN2CCCCC12)C(=O)Nc1ccc(OC(F)(F)F)cc1. The van der Waals surface area contributed by atoms with Gasteiger partial charge in [-0.25, -0.2) is 4.79 Å². The lowest BCUT2D eigenvalue weighted by Gasteiger charge is -2.45. The molecule has 0 aromatic heterocycles. The van der Waals surface area contributed by atoms with Crippen molar-refractivity contribution in [1.29, 1.82) is 0 Å². The summed E-state index contributed by atoms with van der Waals surface area (Å²) >= 11 is 0. The number of halogens is 3. The van der Waals surface area contributed by atoms with Crippen LogP contribution in [-0.4, -0.2) is 68.1 Å². The van der Waals surface area contributed by atoms with E-state index in [1.807, 2.05) is 0 Å². The van der Waals surface area contributed by atoms with E-state index in [4.69, 9.17) is 4.74 Å². The molecular weight excluding hydrogens is 399 g/mol. The highest BCUT2D eigenvalue weighted by atomic mass is 19.4. The number of methoxy groups -OCH3 is 1. The highest BCUT2D eigenvalue weighted by Gasteiger charge is 2.35. The number of ether oxygens (including phenoxy) is 2. The minimum atomic E-state index is -4.74. The van der Waals surface area contributed by atoms with Crippen molar-refractivity contribution >= 4 is 11.7 Å². The van der Waals surface area contributed by atoms with Gasteiger partial charge in [-0.3, -0.25) is 0 Å². The van der Waals surface area contributed by atoms with Gasteiger partial charge in [0.25, 0.3) is 0 Å². The molecule has 6 nitrogen and oxygen atoms in total. The molecule has 2 unspecified atom stereocenters. The number of piperidine rings is 2. The van der Waals surface area contributed by atoms with Crippen molar-refractivity contribution < 1.29 is 27.4 Å². The number of nitrogens with one attached hydrogen (secondary N) is 1. The molecule has 3 rings (SSSR count). The zero-order chi connectivity index (χ0) is 21.6. The summed E-state index contributed by atoms with van der Waals surface area (Å²) in [7, 11) is 1.60. The van der Waals surface area contributed by atoms with Crippen LogP contribution in [-0.2, 0) is 4.74 Å². The van der Waals surface area contributed by atoms with Gasteiger partial charge >= 0.3 is 12.4 Å². The number of alkyl halides is 3. The third kappa shape index (κ3) is 6.50. The number of nitrogens with zero attached hydrogens (tertiary/aromatic N) is 2. The van der Waals surface area contributed by atoms with Gasteiger partial charge in [-0.2, -0.15) is 0 Å². The van der Waals surface area contributed by atoms with Gasteiger partial charge in [-0.1, -0.05) is 6.42 Å². The molecule has 0 radical (unpaired) electrons. The van der Waals surface area contributed by atoms with Crippen molar-refractivity contribution in [1.82, 2.24) is 9.80 Å². The van der Waals surface area contributed by atoms with Crippen LogP contribution in [0.25, 0.3) is 0 Å². The summed E-state index contributed by atoms with van der Waals surface area (Å²) in [6.45, 7) is 3.80. The Morgan fingerprint density at radius 3 is 2.60 bits per heavy atom. The molecule has 2 heterocycles. The number of carbonyl (C=O) groups is 1. The van der Waals surface area contributed by atoms with Gasteiger partial charge in [0, 0.05) is 31.9 Å². The molecule has 2 atom stereocenters. The summed E-state index contributed by atoms with van der Waals surface area (Å²) in [4.78, 5) is 17.2. The first-order chi connectivity index (χ1) is 14.4. The van der Waals surface area contributed by atoms with E-state index in [0.29, 0.717) is 37.3 Å². The van der Waals surface area contributed by atoms with Gasteiger partial charge < -0.3 is 24.6 Å². The zero-order valence-electron chi connectivity index (χ0n) is 17.3. The van der Waals surface area contributed by atoms with Crippen molar-refractivity contribution in [3.05, 3.63) is 24.3 Å². The molecule has 2 aliphatic heterocycles. The standard InChI is InChI=1S/C21H30F3N3O3/c1-29-14-13-27(15-16-5-4-12-26-11-3-2-6-19(16)26)20(28)25-17-7-9-18(10-8-17)30-21(22,23)24/h7-10,16,19H,2-6,11-15H2,1H3,(H,25,28). The Kier molecular flexibility index (Phi) is 7.82. The Balaban J connectivity index is 1.62. The number of carbonyl (C=O) groups excluding carboxylic acids is 1. The molecule has 1 N–H and O–H groups in total. The summed E-state index contributed by atoms with van der Waals surface area (Å²) in [6, 6.07) is 5.41. The fourth-order valence-electron chi connectivity index (χ4n) is 4.49. The third-order valence-electron chi connectivity index (χ3n) is 5.88. The van der Waals surface area contributed by atoms with E-state index < -0.39 is 6.36 Å². The monoisotopic (exact) mass is 429 g/mol. The molecule has 1 aromatic rings. The minimum absolute atomic E-state index is 0.274. The van der Waals surface area contributed by atoms with E-state index in [-0.39, 0.29) is 11.8 Å². The second kappa shape index (κ2) is 10.3. The van der Waals surface area contributed by atoms with Crippen molar-refractivity contribution in [2.45, 2.75) is 44.5 Å². The second-order valence-electron chi connectivity index (χ2n) is 7.94. The lowest BCUT2D eigenvalue weighted by atomic mass is 9.83. The number of urea groups is 1. The van der Waals surface area contributed by atoms with Crippen LogP contribution >= 0.6 is 0 Å². The molecule has 2 amide bonds. The first kappa shape index (κ1) is 22.7. The van der Waals surface area contributed by atoms with Crippen LogP contribution < -0.4 is 10.1 Å². The Morgan fingerprint density at radius 2 is 1.90 bits per heavy atom. The van der Waals surface area contributed by atoms with Gasteiger partial charge in [-0.05, 0) is 69.0 Å². The number of hydrogen-bond acceptors (Lipinski definition) is 4. The highest BCUT2D eigenvalue weighted by Crippen LogP contribution is 2.31. The number of benzene rings is 1. The van der Waals surface area contributed by atoms with Crippen molar-refractivity contribution in [3.63, 3.8) is 0 Å². The minimum Gasteiger partial charge on any atom is -0.406 e. The summed E-state index contributed by atoms with van der Waals surface area (Å²) in [6.07, 6.45) is 1.14. The molecule has 0 aliphatic carbocycles. The predicted octanol–water partition coefficient (Wildman–Crippen LogP) is 4.33. The van der Waals surface area contributed by atoms with Gasteiger partial charge in [0.05, 0.1) is 6.61 Å². The highest BCUT2D eigenvalue weighted by molar-refractivity contribution is 5.89. The molecule has 2 fully saturated rings. The Labute approximate surface area is 175 Å². The van der Waals surface area contributed by atoms with Gasteiger partial charge in [-0.15, -0.1) is 13.2 Å². The van der Waals surface area contributed by atoms with Crippen LogP contribution in [0.5, 0.6) is 5.75 Å². The molecule has 2 aliphatic rings. The molecule has 168 valence electrons. The number of rotatable bonds is 7. The maximum atomic E-state index is 12.9. The first-order valence-electron chi connectivity index (χ1n) is 10.5. The van der Waals surface area contributed by atoms with Crippen molar-refractivity contribution in [2.24, 2.45) is 5.92 Å². The van der Waals surface area contributed by atoms with Gasteiger partial charge in [0.2, 0.25) is 0 Å². The molecule has 0 bridgehead atoms. The normalized spacial score (nSPS) is 22.3. The lowest BCUT2D eigenvalue weighted by Crippen LogP contribution is -2.52. The Morgan fingerprint density at radius 1 is 1.17 bits per heavy atom. The molecule has 30 heavy (non-hydrogen) atoms. The average Bonchev–Trinajstić information content (AvgIpc) is 2.71. The maximum absolute atomic E-state index is 12.9. The number of anilines is 1. The number of fused-ring (bicyclic) bond motifs is 1. The zero-order valence-corrected chi connectivity index (χ0v) is 17.3. The summed E-state index contributed by atoms with van der Waals surface area (Å²) < 4.78 is 46.0. The molecule has 0 spiro atoms. The van der Waals surface area contributed by atoms with E-state index in [2.05, 4.69) is 15.0 Å². The third-order valence-corrected chi connectivity index (χ3v) is 5.88. The van der Waals surface area contributed by atoms with E-state index in [9.17, 15) is 18.0 Å². The van der Waals surface area contributed by atoms with E-state index in [1.165, 1.54) is 43.5 Å². The Bertz CT molecular complexity index is 682. The number of amides is 2. The molecule has 2 saturated heterocycles. The fraction of sp³-hybridized carbons (Fsp3) is 0.667. The van der Waals surface area contributed by atoms with Crippen LogP contribution in [0, 0.1) is 5.92 Å². The molecule has 1 aromatic carbocycles. The van der Waals surface area contributed by atoms with Crippen LogP contribution in [0.2, 0.25) is 0 Å². The summed E-state index contributed by atoms with van der Waals surface area (Å²) in [5.41, 5.74) is 0.417. The van der Waals surface area contributed by atoms with E-state index in [1.54, 1.807) is 12.0 Å².